The summed E-state index contributed by atoms with van der Waals surface area (Å²) in [5.41, 5.74) is 1.42. The topological polar surface area (TPSA) is 68.3 Å². The molecule has 5 nitrogen and oxygen atoms in total. The van der Waals surface area contributed by atoms with Crippen molar-refractivity contribution in [3.8, 4) is 0 Å². The van der Waals surface area contributed by atoms with Crippen LogP contribution in [0.3, 0.4) is 0 Å². The molecule has 0 fully saturated rings. The fraction of sp³-hybridized carbons (Fsp3) is 0.154. The van der Waals surface area contributed by atoms with Gasteiger partial charge in [0.1, 0.15) is 5.69 Å². The highest BCUT2D eigenvalue weighted by Gasteiger charge is 2.10. The second-order valence-electron chi connectivity index (χ2n) is 3.85. The van der Waals surface area contributed by atoms with Crippen molar-refractivity contribution in [3.63, 3.8) is 0 Å². The van der Waals surface area contributed by atoms with Crippen LogP contribution in [-0.2, 0) is 4.74 Å². The van der Waals surface area contributed by atoms with E-state index in [9.17, 15) is 9.59 Å². The highest BCUT2D eigenvalue weighted by Crippen LogP contribution is 2.13. The number of carbonyl (C=O) groups excluding carboxylic acids is 2. The molecule has 0 aliphatic carbocycles. The maximum absolute atomic E-state index is 11.8. The van der Waals surface area contributed by atoms with Crippen LogP contribution < -0.4 is 5.32 Å². The summed E-state index contributed by atoms with van der Waals surface area (Å²) >= 11 is 1.28. The van der Waals surface area contributed by atoms with E-state index in [2.05, 4.69) is 14.4 Å². The molecule has 2 rings (SSSR count). The van der Waals surface area contributed by atoms with Crippen molar-refractivity contribution in [2.75, 3.05) is 12.4 Å². The van der Waals surface area contributed by atoms with Crippen molar-refractivity contribution in [2.45, 2.75) is 6.92 Å². The first-order valence-corrected chi connectivity index (χ1v) is 6.30. The molecular formula is C13H12N2O3S. The van der Waals surface area contributed by atoms with Crippen LogP contribution in [0, 0.1) is 6.92 Å². The molecule has 6 heteroatoms. The zero-order valence-electron chi connectivity index (χ0n) is 10.5. The lowest BCUT2D eigenvalue weighted by Crippen LogP contribution is -2.12. The predicted molar refractivity (Wildman–Crippen MR) is 72.6 cm³/mol. The van der Waals surface area contributed by atoms with Crippen molar-refractivity contribution in [2.24, 2.45) is 0 Å². The zero-order valence-corrected chi connectivity index (χ0v) is 11.3. The van der Waals surface area contributed by atoms with Gasteiger partial charge in [-0.25, -0.2) is 4.79 Å². The van der Waals surface area contributed by atoms with Crippen LogP contribution in [0.5, 0.6) is 0 Å². The smallest absolute Gasteiger partial charge is 0.337 e. The van der Waals surface area contributed by atoms with Gasteiger partial charge in [0.05, 0.1) is 12.7 Å². The number of amides is 1. The molecule has 0 saturated heterocycles. The van der Waals surface area contributed by atoms with E-state index in [0.717, 1.165) is 4.88 Å². The SMILES string of the molecule is COC(=O)c1ccc(NC(=O)c2cc(C)sn2)cc1. The van der Waals surface area contributed by atoms with Crippen LogP contribution >= 0.6 is 11.5 Å². The molecule has 0 atom stereocenters. The maximum atomic E-state index is 11.8. The van der Waals surface area contributed by atoms with Gasteiger partial charge in [0, 0.05) is 10.6 Å². The van der Waals surface area contributed by atoms with E-state index in [4.69, 9.17) is 0 Å². The van der Waals surface area contributed by atoms with Crippen LogP contribution in [0.15, 0.2) is 30.3 Å². The summed E-state index contributed by atoms with van der Waals surface area (Å²) in [6.07, 6.45) is 0. The number of nitrogens with one attached hydrogen (secondary N) is 1. The molecule has 1 aromatic carbocycles. The molecule has 0 spiro atoms. The number of benzene rings is 1. The lowest BCUT2D eigenvalue weighted by Gasteiger charge is -2.04. The summed E-state index contributed by atoms with van der Waals surface area (Å²) in [6, 6.07) is 8.19. The van der Waals surface area contributed by atoms with Gasteiger partial charge < -0.3 is 10.1 Å². The van der Waals surface area contributed by atoms with Gasteiger partial charge in [-0.1, -0.05) is 0 Å². The number of rotatable bonds is 3. The van der Waals surface area contributed by atoms with Crippen LogP contribution in [0.25, 0.3) is 0 Å². The number of aryl methyl sites for hydroxylation is 1. The number of anilines is 1. The largest absolute Gasteiger partial charge is 0.465 e. The minimum absolute atomic E-state index is 0.268. The van der Waals surface area contributed by atoms with Crippen molar-refractivity contribution in [3.05, 3.63) is 46.5 Å². The predicted octanol–water partition coefficient (Wildman–Crippen LogP) is 2.49. The van der Waals surface area contributed by atoms with Crippen molar-refractivity contribution >= 4 is 29.1 Å². The van der Waals surface area contributed by atoms with Gasteiger partial charge in [-0.15, -0.1) is 0 Å². The molecule has 0 radical (unpaired) electrons. The van der Waals surface area contributed by atoms with Crippen LogP contribution in [0.2, 0.25) is 0 Å². The molecule has 0 bridgehead atoms. The molecular weight excluding hydrogens is 264 g/mol. The number of carbonyl (C=O) groups is 2. The molecule has 1 heterocycles. The van der Waals surface area contributed by atoms with Gasteiger partial charge in [-0.2, -0.15) is 4.37 Å². The first-order chi connectivity index (χ1) is 9.10. The second-order valence-corrected chi connectivity index (χ2v) is 4.85. The summed E-state index contributed by atoms with van der Waals surface area (Å²) in [7, 11) is 1.32. The summed E-state index contributed by atoms with van der Waals surface area (Å²) < 4.78 is 8.62. The number of hydrogen-bond donors (Lipinski definition) is 1. The third-order valence-corrected chi connectivity index (χ3v) is 3.12. The van der Waals surface area contributed by atoms with Crippen LogP contribution in [0.1, 0.15) is 25.7 Å². The third-order valence-electron chi connectivity index (χ3n) is 2.42. The van der Waals surface area contributed by atoms with E-state index in [0.29, 0.717) is 16.9 Å². The number of hydrogen-bond acceptors (Lipinski definition) is 5. The summed E-state index contributed by atoms with van der Waals surface area (Å²) in [6.45, 7) is 1.89. The average molecular weight is 276 g/mol. The fourth-order valence-corrected chi connectivity index (χ4v) is 2.02. The molecule has 0 unspecified atom stereocenters. The molecule has 0 saturated carbocycles. The van der Waals surface area contributed by atoms with Crippen molar-refractivity contribution in [1.82, 2.24) is 4.37 Å². The van der Waals surface area contributed by atoms with E-state index in [1.165, 1.54) is 18.6 Å². The second kappa shape index (κ2) is 5.62. The number of nitrogens with zero attached hydrogens (tertiary/aromatic N) is 1. The van der Waals surface area contributed by atoms with Crippen molar-refractivity contribution in [1.29, 1.82) is 0 Å². The number of methoxy groups -OCH3 is 1. The van der Waals surface area contributed by atoms with Crippen LogP contribution in [0.4, 0.5) is 5.69 Å². The van der Waals surface area contributed by atoms with Gasteiger partial charge in [-0.05, 0) is 48.8 Å². The lowest BCUT2D eigenvalue weighted by molar-refractivity contribution is 0.0600. The molecule has 19 heavy (non-hydrogen) atoms. The van der Waals surface area contributed by atoms with Gasteiger partial charge in [0.2, 0.25) is 0 Å². The highest BCUT2D eigenvalue weighted by molar-refractivity contribution is 7.05. The summed E-state index contributed by atoms with van der Waals surface area (Å²) in [5.74, 6) is -0.678. The van der Waals surface area contributed by atoms with E-state index in [1.807, 2.05) is 6.92 Å². The number of esters is 1. The highest BCUT2D eigenvalue weighted by atomic mass is 32.1. The first kappa shape index (κ1) is 13.2. The fourth-order valence-electron chi connectivity index (χ4n) is 1.48. The molecule has 1 N–H and O–H groups in total. The average Bonchev–Trinajstić information content (AvgIpc) is 2.85. The molecule has 2 aromatic rings. The Morgan fingerprint density at radius 2 is 1.95 bits per heavy atom. The van der Waals surface area contributed by atoms with Gasteiger partial charge in [-0.3, -0.25) is 4.79 Å². The van der Waals surface area contributed by atoms with Crippen LogP contribution in [-0.4, -0.2) is 23.4 Å². The van der Waals surface area contributed by atoms with Gasteiger partial charge >= 0.3 is 5.97 Å². The zero-order chi connectivity index (χ0) is 13.8. The Morgan fingerprint density at radius 3 is 2.47 bits per heavy atom. The monoisotopic (exact) mass is 276 g/mol. The maximum Gasteiger partial charge on any atom is 0.337 e. The van der Waals surface area contributed by atoms with E-state index in [-0.39, 0.29) is 5.91 Å². The standard InChI is InChI=1S/C13H12N2O3S/c1-8-7-11(15-19-8)12(16)14-10-5-3-9(4-6-10)13(17)18-2/h3-7H,1-2H3,(H,14,16). The molecule has 1 amide bonds. The Bertz CT molecular complexity index is 605. The van der Waals surface area contributed by atoms with Gasteiger partial charge in [0.15, 0.2) is 0 Å². The Kier molecular flexibility index (Phi) is 3.91. The first-order valence-electron chi connectivity index (χ1n) is 5.53. The Balaban J connectivity index is 2.07. The minimum atomic E-state index is -0.409. The third kappa shape index (κ3) is 3.17. The normalized spacial score (nSPS) is 10.0. The van der Waals surface area contributed by atoms with E-state index >= 15 is 0 Å². The van der Waals surface area contributed by atoms with Crippen molar-refractivity contribution < 1.29 is 14.3 Å². The lowest BCUT2D eigenvalue weighted by atomic mass is 10.2. The number of aromatic nitrogens is 1. The summed E-state index contributed by atoms with van der Waals surface area (Å²) in [5, 5.41) is 2.71. The van der Waals surface area contributed by atoms with E-state index < -0.39 is 5.97 Å². The quantitative estimate of drug-likeness (QED) is 0.874. The van der Waals surface area contributed by atoms with E-state index in [1.54, 1.807) is 30.3 Å². The Morgan fingerprint density at radius 1 is 1.26 bits per heavy atom. The number of ether oxygens (including phenoxy) is 1. The molecule has 98 valence electrons. The van der Waals surface area contributed by atoms with Gasteiger partial charge in [0.25, 0.3) is 5.91 Å². The Hall–Kier alpha value is -2.21. The molecule has 1 aromatic heterocycles. The summed E-state index contributed by atoms with van der Waals surface area (Å²) in [4.78, 5) is 24.1. The molecule has 0 aliphatic rings. The Labute approximate surface area is 114 Å². The minimum Gasteiger partial charge on any atom is -0.465 e. The molecule has 0 aliphatic heterocycles.